The van der Waals surface area contributed by atoms with E-state index in [1.165, 1.54) is 24.3 Å². The normalized spacial score (nSPS) is 20.7. The lowest BCUT2D eigenvalue weighted by Crippen LogP contribution is -2.41. The Morgan fingerprint density at radius 1 is 1.14 bits per heavy atom. The molecule has 1 fully saturated rings. The highest BCUT2D eigenvalue weighted by atomic mass is 19.1. The molecule has 7 heteroatoms. The molecule has 1 aromatic rings. The number of nitrogens with zero attached hydrogens (tertiary/aromatic N) is 1. The fraction of sp³-hybridized carbons (Fsp3) is 0.467. The van der Waals surface area contributed by atoms with Gasteiger partial charge in [-0.05, 0) is 57.9 Å². The first kappa shape index (κ1) is 16.6. The van der Waals surface area contributed by atoms with Crippen molar-refractivity contribution in [1.82, 2.24) is 0 Å². The van der Waals surface area contributed by atoms with Gasteiger partial charge >= 0.3 is 7.12 Å². The van der Waals surface area contributed by atoms with Gasteiger partial charge in [0.25, 0.3) is 5.69 Å². The monoisotopic (exact) mass is 307 g/mol. The van der Waals surface area contributed by atoms with Crippen LogP contribution >= 0.6 is 0 Å². The van der Waals surface area contributed by atoms with E-state index >= 15 is 0 Å². The van der Waals surface area contributed by atoms with Gasteiger partial charge in [0.2, 0.25) is 0 Å². The van der Waals surface area contributed by atoms with Gasteiger partial charge < -0.3 is 9.31 Å². The van der Waals surface area contributed by atoms with Crippen LogP contribution in [0.25, 0.3) is 5.57 Å². The number of nitro benzene ring substituents is 1. The average molecular weight is 307 g/mol. The van der Waals surface area contributed by atoms with Crippen molar-refractivity contribution in [3.63, 3.8) is 0 Å². The molecule has 1 saturated heterocycles. The molecule has 118 valence electrons. The number of rotatable bonds is 3. The van der Waals surface area contributed by atoms with Gasteiger partial charge in [0.1, 0.15) is 5.73 Å². The number of hydrogen-bond donors (Lipinski definition) is 0. The highest BCUT2D eigenvalue weighted by Gasteiger charge is 2.53. The van der Waals surface area contributed by atoms with Crippen LogP contribution in [-0.4, -0.2) is 23.2 Å². The van der Waals surface area contributed by atoms with Crippen molar-refractivity contribution in [3.05, 3.63) is 45.7 Å². The lowest BCUT2D eigenvalue weighted by Gasteiger charge is -2.32. The van der Waals surface area contributed by atoms with Crippen molar-refractivity contribution in [2.75, 3.05) is 0 Å². The van der Waals surface area contributed by atoms with Crippen molar-refractivity contribution in [2.24, 2.45) is 0 Å². The minimum Gasteiger partial charge on any atom is -0.398 e. The van der Waals surface area contributed by atoms with E-state index in [0.717, 1.165) is 0 Å². The van der Waals surface area contributed by atoms with Crippen LogP contribution in [0.1, 0.15) is 40.2 Å². The molecular formula is C15H19BFNO4. The highest BCUT2D eigenvalue weighted by Crippen LogP contribution is 2.40. The Morgan fingerprint density at radius 3 is 2.00 bits per heavy atom. The van der Waals surface area contributed by atoms with Crippen molar-refractivity contribution in [2.45, 2.75) is 45.8 Å². The van der Waals surface area contributed by atoms with E-state index in [-0.39, 0.29) is 5.69 Å². The number of non-ortho nitro benzene ring substituents is 1. The molecule has 0 atom stereocenters. The molecule has 0 amide bonds. The smallest absolute Gasteiger partial charge is 0.398 e. The van der Waals surface area contributed by atoms with Crippen molar-refractivity contribution in [1.29, 1.82) is 0 Å². The quantitative estimate of drug-likeness (QED) is 0.482. The van der Waals surface area contributed by atoms with Crippen LogP contribution in [0.15, 0.2) is 30.0 Å². The van der Waals surface area contributed by atoms with E-state index in [1.54, 1.807) is 6.92 Å². The van der Waals surface area contributed by atoms with E-state index in [0.29, 0.717) is 11.1 Å². The zero-order valence-electron chi connectivity index (χ0n) is 13.3. The Bertz CT molecular complexity index is 609. The van der Waals surface area contributed by atoms with Crippen LogP contribution in [0.3, 0.4) is 0 Å². The molecule has 1 heterocycles. The van der Waals surface area contributed by atoms with Crippen LogP contribution in [0.4, 0.5) is 10.1 Å². The minimum atomic E-state index is -1.07. The van der Waals surface area contributed by atoms with Gasteiger partial charge in [0, 0.05) is 12.1 Å². The fourth-order valence-corrected chi connectivity index (χ4v) is 2.09. The first-order valence-electron chi connectivity index (χ1n) is 7.02. The molecule has 5 nitrogen and oxygen atoms in total. The van der Waals surface area contributed by atoms with Crippen molar-refractivity contribution >= 4 is 18.4 Å². The Balaban J connectivity index is 2.28. The summed E-state index contributed by atoms with van der Waals surface area (Å²) in [4.78, 5) is 10.2. The molecule has 0 unspecified atom stereocenters. The molecule has 0 aromatic heterocycles. The number of allylic oxidation sites excluding steroid dienone is 1. The maximum absolute atomic E-state index is 14.6. The number of hydrogen-bond acceptors (Lipinski definition) is 4. The standard InChI is InChI=1S/C15H19BFNO4/c1-10(11-6-8-12(9-7-11)18(19)20)13(17)16-21-14(2,3)15(4,5)22-16/h6-9H,1-5H3. The molecule has 22 heavy (non-hydrogen) atoms. The van der Waals surface area contributed by atoms with Crippen LogP contribution in [0, 0.1) is 10.1 Å². The molecule has 1 aliphatic heterocycles. The van der Waals surface area contributed by atoms with E-state index in [9.17, 15) is 14.5 Å². The Hall–Kier alpha value is -1.73. The van der Waals surface area contributed by atoms with Crippen molar-refractivity contribution < 1.29 is 18.6 Å². The van der Waals surface area contributed by atoms with Gasteiger partial charge in [0.05, 0.1) is 16.1 Å². The van der Waals surface area contributed by atoms with Gasteiger partial charge in [-0.2, -0.15) is 0 Å². The third kappa shape index (κ3) is 2.91. The second-order valence-electron chi connectivity index (χ2n) is 6.37. The predicted octanol–water partition coefficient (Wildman–Crippen LogP) is 3.93. The number of nitro groups is 1. The topological polar surface area (TPSA) is 61.6 Å². The fourth-order valence-electron chi connectivity index (χ4n) is 2.09. The summed E-state index contributed by atoms with van der Waals surface area (Å²) in [5, 5.41) is 10.6. The summed E-state index contributed by atoms with van der Waals surface area (Å²) in [6, 6.07) is 5.71. The van der Waals surface area contributed by atoms with Gasteiger partial charge in [-0.25, -0.2) is 4.39 Å². The summed E-state index contributed by atoms with van der Waals surface area (Å²) in [5.41, 5.74) is -0.901. The van der Waals surface area contributed by atoms with E-state index < -0.39 is 29.0 Å². The maximum atomic E-state index is 14.6. The van der Waals surface area contributed by atoms with Crippen LogP contribution in [0.5, 0.6) is 0 Å². The van der Waals surface area contributed by atoms with Gasteiger partial charge in [-0.15, -0.1) is 0 Å². The second-order valence-corrected chi connectivity index (χ2v) is 6.37. The van der Waals surface area contributed by atoms with E-state index in [2.05, 4.69) is 0 Å². The lowest BCUT2D eigenvalue weighted by molar-refractivity contribution is -0.384. The zero-order valence-corrected chi connectivity index (χ0v) is 13.3. The zero-order chi connectivity index (χ0) is 16.7. The molecule has 0 spiro atoms. The van der Waals surface area contributed by atoms with Crippen LogP contribution < -0.4 is 0 Å². The summed E-state index contributed by atoms with van der Waals surface area (Å²) >= 11 is 0. The first-order valence-corrected chi connectivity index (χ1v) is 7.02. The summed E-state index contributed by atoms with van der Waals surface area (Å²) in [7, 11) is -1.07. The Kier molecular flexibility index (Phi) is 4.15. The molecule has 0 saturated carbocycles. The van der Waals surface area contributed by atoms with Crippen LogP contribution in [-0.2, 0) is 9.31 Å². The largest absolute Gasteiger partial charge is 0.525 e. The molecule has 0 bridgehead atoms. The molecule has 0 radical (unpaired) electrons. The molecule has 2 rings (SSSR count). The van der Waals surface area contributed by atoms with Crippen molar-refractivity contribution in [3.8, 4) is 0 Å². The molecular weight excluding hydrogens is 288 g/mol. The number of halogens is 1. The first-order chi connectivity index (χ1) is 10.0. The maximum Gasteiger partial charge on any atom is 0.525 e. The molecule has 1 aliphatic rings. The predicted molar refractivity (Wildman–Crippen MR) is 82.9 cm³/mol. The van der Waals surface area contributed by atoms with E-state index in [1.807, 2.05) is 27.7 Å². The summed E-state index contributed by atoms with van der Waals surface area (Å²) in [5.74, 6) is 0. The van der Waals surface area contributed by atoms with Gasteiger partial charge in [-0.1, -0.05) is 0 Å². The average Bonchev–Trinajstić information content (AvgIpc) is 2.66. The van der Waals surface area contributed by atoms with Gasteiger partial charge in [0.15, 0.2) is 0 Å². The molecule has 1 aromatic carbocycles. The Morgan fingerprint density at radius 2 is 1.59 bits per heavy atom. The SMILES string of the molecule is CC(=C(F)B1OC(C)(C)C(C)(C)O1)c1ccc([N+](=O)[O-])cc1. The summed E-state index contributed by atoms with van der Waals surface area (Å²) in [6.45, 7) is 8.99. The van der Waals surface area contributed by atoms with E-state index in [4.69, 9.17) is 9.31 Å². The molecule has 0 N–H and O–H groups in total. The second kappa shape index (κ2) is 5.48. The minimum absolute atomic E-state index is 0.0346. The lowest BCUT2D eigenvalue weighted by atomic mass is 9.83. The third-order valence-corrected chi connectivity index (χ3v) is 4.33. The summed E-state index contributed by atoms with van der Waals surface area (Å²) in [6.07, 6.45) is 0. The molecule has 0 aliphatic carbocycles. The summed E-state index contributed by atoms with van der Waals surface area (Å²) < 4.78 is 26.0. The Labute approximate surface area is 129 Å². The van der Waals surface area contributed by atoms with Gasteiger partial charge in [-0.3, -0.25) is 10.1 Å². The third-order valence-electron chi connectivity index (χ3n) is 4.33. The number of benzene rings is 1. The highest BCUT2D eigenvalue weighted by molar-refractivity contribution is 6.55. The van der Waals surface area contributed by atoms with Crippen LogP contribution in [0.2, 0.25) is 0 Å².